The van der Waals surface area contributed by atoms with Gasteiger partial charge in [0.15, 0.2) is 5.65 Å². The smallest absolute Gasteiger partial charge is 0.256 e. The van der Waals surface area contributed by atoms with Gasteiger partial charge in [0.2, 0.25) is 0 Å². The predicted octanol–water partition coefficient (Wildman–Crippen LogP) is 3.28. The number of nitrogens with zero attached hydrogens (tertiary/aromatic N) is 4. The van der Waals surface area contributed by atoms with E-state index in [2.05, 4.69) is 16.5 Å². The molecule has 2 heterocycles. The van der Waals surface area contributed by atoms with E-state index in [1.165, 1.54) is 0 Å². The molecule has 3 aromatic rings. The first-order valence-corrected chi connectivity index (χ1v) is 8.22. The molecule has 0 spiro atoms. The number of pyridine rings is 1. The first-order valence-electron chi connectivity index (χ1n) is 8.22. The topological polar surface area (TPSA) is 83.6 Å². The second-order valence-corrected chi connectivity index (χ2v) is 6.42. The molecule has 124 valence electrons. The zero-order valence-electron chi connectivity index (χ0n) is 14.1. The van der Waals surface area contributed by atoms with Crippen LogP contribution in [0.2, 0.25) is 0 Å². The number of hydrogen-bond donors (Lipinski definition) is 1. The average molecular weight is 331 g/mol. The molecule has 1 saturated carbocycles. The second-order valence-electron chi connectivity index (χ2n) is 6.42. The van der Waals surface area contributed by atoms with Crippen LogP contribution in [0.3, 0.4) is 0 Å². The summed E-state index contributed by atoms with van der Waals surface area (Å²) in [6.45, 7) is 1.88. The number of aryl methyl sites for hydroxylation is 2. The van der Waals surface area contributed by atoms with Gasteiger partial charge in [0, 0.05) is 24.3 Å². The van der Waals surface area contributed by atoms with Crippen LogP contribution in [0.5, 0.6) is 0 Å². The highest BCUT2D eigenvalue weighted by Gasteiger charge is 2.28. The lowest BCUT2D eigenvalue weighted by molar-refractivity contribution is 0.102. The predicted molar refractivity (Wildman–Crippen MR) is 94.3 cm³/mol. The van der Waals surface area contributed by atoms with Crippen LogP contribution in [0.4, 0.5) is 5.69 Å². The molecule has 0 unspecified atom stereocenters. The second kappa shape index (κ2) is 5.71. The van der Waals surface area contributed by atoms with Crippen LogP contribution >= 0.6 is 0 Å². The number of nitrogens with one attached hydrogen (secondary N) is 1. The summed E-state index contributed by atoms with van der Waals surface area (Å²) < 4.78 is 1.73. The maximum absolute atomic E-state index is 12.9. The fourth-order valence-corrected chi connectivity index (χ4v) is 3.10. The number of anilines is 1. The minimum absolute atomic E-state index is 0.208. The quantitative estimate of drug-likeness (QED) is 0.798. The Morgan fingerprint density at radius 3 is 2.88 bits per heavy atom. The minimum Gasteiger partial charge on any atom is -0.322 e. The third-order valence-electron chi connectivity index (χ3n) is 4.48. The number of amides is 1. The molecular formula is C19H17N5O. The number of hydrogen-bond acceptors (Lipinski definition) is 4. The summed E-state index contributed by atoms with van der Waals surface area (Å²) in [4.78, 5) is 17.6. The van der Waals surface area contributed by atoms with Crippen molar-refractivity contribution >= 4 is 22.6 Å². The molecule has 2 aromatic heterocycles. The largest absolute Gasteiger partial charge is 0.322 e. The normalized spacial score (nSPS) is 13.6. The third-order valence-corrected chi connectivity index (χ3v) is 4.48. The number of carbonyl (C=O) groups excluding carboxylic acids is 1. The van der Waals surface area contributed by atoms with Crippen molar-refractivity contribution in [1.29, 1.82) is 5.26 Å². The molecule has 0 bridgehead atoms. The Bertz CT molecular complexity index is 1040. The maximum atomic E-state index is 12.9. The van der Waals surface area contributed by atoms with Gasteiger partial charge in [-0.05, 0) is 44.0 Å². The average Bonchev–Trinajstić information content (AvgIpc) is 3.41. The summed E-state index contributed by atoms with van der Waals surface area (Å²) in [5, 5.41) is 17.1. The van der Waals surface area contributed by atoms with Crippen molar-refractivity contribution in [2.24, 2.45) is 7.05 Å². The standard InChI is InChI=1S/C19H17N5O/c1-11-17-15(19(25)21-14-5-3-4-12(8-14)10-20)9-16(13-6-7-13)22-18(17)24(2)23-11/h3-5,8-9,13H,6-7H2,1-2H3,(H,21,25). The van der Waals surface area contributed by atoms with Crippen molar-refractivity contribution in [3.63, 3.8) is 0 Å². The fourth-order valence-electron chi connectivity index (χ4n) is 3.10. The molecule has 1 aliphatic carbocycles. The molecular weight excluding hydrogens is 314 g/mol. The van der Waals surface area contributed by atoms with Gasteiger partial charge < -0.3 is 5.32 Å². The lowest BCUT2D eigenvalue weighted by Gasteiger charge is -2.09. The van der Waals surface area contributed by atoms with Gasteiger partial charge in [0.25, 0.3) is 5.91 Å². The summed E-state index contributed by atoms with van der Waals surface area (Å²) in [5.74, 6) is 0.230. The zero-order valence-corrected chi connectivity index (χ0v) is 14.1. The van der Waals surface area contributed by atoms with E-state index in [0.29, 0.717) is 22.7 Å². The molecule has 1 fully saturated rings. The zero-order chi connectivity index (χ0) is 17.6. The van der Waals surface area contributed by atoms with Crippen molar-refractivity contribution in [1.82, 2.24) is 14.8 Å². The number of fused-ring (bicyclic) bond motifs is 1. The van der Waals surface area contributed by atoms with E-state index in [0.717, 1.165) is 35.3 Å². The van der Waals surface area contributed by atoms with Gasteiger partial charge in [0.05, 0.1) is 28.3 Å². The molecule has 1 amide bonds. The summed E-state index contributed by atoms with van der Waals surface area (Å²) in [7, 11) is 1.84. The highest BCUT2D eigenvalue weighted by atomic mass is 16.1. The van der Waals surface area contributed by atoms with E-state index < -0.39 is 0 Å². The van der Waals surface area contributed by atoms with Gasteiger partial charge in [0.1, 0.15) is 0 Å². The van der Waals surface area contributed by atoms with Gasteiger partial charge in [-0.1, -0.05) is 6.07 Å². The van der Waals surface area contributed by atoms with Crippen LogP contribution in [-0.4, -0.2) is 20.7 Å². The number of aromatic nitrogens is 3. The van der Waals surface area contributed by atoms with E-state index in [1.54, 1.807) is 28.9 Å². The molecule has 0 saturated heterocycles. The van der Waals surface area contributed by atoms with Gasteiger partial charge in [-0.25, -0.2) is 4.98 Å². The Morgan fingerprint density at radius 2 is 2.16 bits per heavy atom. The van der Waals surface area contributed by atoms with Crippen LogP contribution in [0, 0.1) is 18.3 Å². The van der Waals surface area contributed by atoms with Gasteiger partial charge in [-0.2, -0.15) is 10.4 Å². The molecule has 1 aliphatic rings. The van der Waals surface area contributed by atoms with Crippen molar-refractivity contribution in [3.05, 3.63) is 52.8 Å². The van der Waals surface area contributed by atoms with E-state index in [1.807, 2.05) is 20.0 Å². The van der Waals surface area contributed by atoms with Gasteiger partial charge in [-0.3, -0.25) is 9.48 Å². The van der Waals surface area contributed by atoms with E-state index in [9.17, 15) is 4.79 Å². The van der Waals surface area contributed by atoms with E-state index in [4.69, 9.17) is 10.2 Å². The first kappa shape index (κ1) is 15.3. The monoisotopic (exact) mass is 331 g/mol. The Hall–Kier alpha value is -3.20. The van der Waals surface area contributed by atoms with Crippen molar-refractivity contribution < 1.29 is 4.79 Å². The Kier molecular flexibility index (Phi) is 3.50. The lowest BCUT2D eigenvalue weighted by atomic mass is 10.1. The lowest BCUT2D eigenvalue weighted by Crippen LogP contribution is -2.13. The summed E-state index contributed by atoms with van der Waals surface area (Å²) in [5.41, 5.74) is 4.16. The number of rotatable bonds is 3. The number of benzene rings is 1. The summed E-state index contributed by atoms with van der Waals surface area (Å²) in [6, 6.07) is 10.9. The first-order chi connectivity index (χ1) is 12.1. The van der Waals surface area contributed by atoms with Crippen LogP contribution in [-0.2, 0) is 7.05 Å². The molecule has 0 atom stereocenters. The van der Waals surface area contributed by atoms with Crippen LogP contribution < -0.4 is 5.32 Å². The molecule has 4 rings (SSSR count). The highest BCUT2D eigenvalue weighted by molar-refractivity contribution is 6.12. The Morgan fingerprint density at radius 1 is 1.36 bits per heavy atom. The molecule has 0 aliphatic heterocycles. The van der Waals surface area contributed by atoms with Gasteiger partial charge in [-0.15, -0.1) is 0 Å². The highest BCUT2D eigenvalue weighted by Crippen LogP contribution is 2.40. The summed E-state index contributed by atoms with van der Waals surface area (Å²) >= 11 is 0. The number of nitriles is 1. The SMILES string of the molecule is Cc1nn(C)c2nc(C3CC3)cc(C(=O)Nc3cccc(C#N)c3)c12. The van der Waals surface area contributed by atoms with Gasteiger partial charge >= 0.3 is 0 Å². The van der Waals surface area contributed by atoms with Crippen LogP contribution in [0.15, 0.2) is 30.3 Å². The van der Waals surface area contributed by atoms with Crippen LogP contribution in [0.1, 0.15) is 46.1 Å². The number of carbonyl (C=O) groups is 1. The molecule has 6 heteroatoms. The van der Waals surface area contributed by atoms with Crippen molar-refractivity contribution in [2.75, 3.05) is 5.32 Å². The third kappa shape index (κ3) is 2.74. The molecule has 1 aromatic carbocycles. The molecule has 6 nitrogen and oxygen atoms in total. The Balaban J connectivity index is 1.79. The molecule has 1 N–H and O–H groups in total. The summed E-state index contributed by atoms with van der Waals surface area (Å²) in [6.07, 6.45) is 2.22. The maximum Gasteiger partial charge on any atom is 0.256 e. The van der Waals surface area contributed by atoms with E-state index >= 15 is 0 Å². The van der Waals surface area contributed by atoms with Crippen molar-refractivity contribution in [3.8, 4) is 6.07 Å². The van der Waals surface area contributed by atoms with Crippen molar-refractivity contribution in [2.45, 2.75) is 25.7 Å². The Labute approximate surface area is 145 Å². The molecule has 0 radical (unpaired) electrons. The fraction of sp³-hybridized carbons (Fsp3) is 0.263. The molecule has 25 heavy (non-hydrogen) atoms. The van der Waals surface area contributed by atoms with E-state index in [-0.39, 0.29) is 5.91 Å². The minimum atomic E-state index is -0.208. The van der Waals surface area contributed by atoms with Crippen LogP contribution in [0.25, 0.3) is 11.0 Å².